The van der Waals surface area contributed by atoms with Gasteiger partial charge in [-0.2, -0.15) is 5.06 Å². The molecule has 0 aromatic rings. The number of hydrogen-bond acceptors (Lipinski definition) is 4. The minimum absolute atomic E-state index is 0.152. The number of piperazine rings is 1. The maximum Gasteiger partial charge on any atom is 0.410 e. The van der Waals surface area contributed by atoms with Gasteiger partial charge in [0.05, 0.1) is 6.04 Å². The number of carbonyl (C=O) groups excluding carboxylic acids is 1. The maximum atomic E-state index is 11.8. The van der Waals surface area contributed by atoms with Crippen molar-refractivity contribution in [1.29, 1.82) is 0 Å². The topological polar surface area (TPSA) is 53.0 Å². The van der Waals surface area contributed by atoms with Crippen LogP contribution in [0.4, 0.5) is 4.79 Å². The van der Waals surface area contributed by atoms with Crippen molar-refractivity contribution in [2.75, 3.05) is 19.6 Å². The van der Waals surface area contributed by atoms with Gasteiger partial charge in [0.15, 0.2) is 0 Å². The molecule has 98 valence electrons. The highest BCUT2D eigenvalue weighted by Crippen LogP contribution is 2.14. The molecule has 0 radical (unpaired) electrons. The summed E-state index contributed by atoms with van der Waals surface area (Å²) in [4.78, 5) is 13.5. The van der Waals surface area contributed by atoms with Crippen LogP contribution in [0.25, 0.3) is 0 Å². The van der Waals surface area contributed by atoms with Gasteiger partial charge in [-0.25, -0.2) is 4.79 Å². The number of hydroxylamine groups is 2. The molecule has 5 heteroatoms. The molecule has 0 aromatic carbocycles. The van der Waals surface area contributed by atoms with Crippen molar-refractivity contribution in [3.63, 3.8) is 0 Å². The Morgan fingerprint density at radius 1 is 1.41 bits per heavy atom. The van der Waals surface area contributed by atoms with Gasteiger partial charge >= 0.3 is 6.09 Å². The summed E-state index contributed by atoms with van der Waals surface area (Å²) < 4.78 is 5.30. The number of amides is 1. The molecule has 17 heavy (non-hydrogen) atoms. The molecule has 1 aliphatic heterocycles. The number of allylic oxidation sites excluding steroid dienone is 1. The molecule has 1 heterocycles. The van der Waals surface area contributed by atoms with Crippen molar-refractivity contribution >= 4 is 6.09 Å². The zero-order chi connectivity index (χ0) is 13.1. The zero-order valence-corrected chi connectivity index (χ0v) is 11.0. The molecule has 0 bridgehead atoms. The first kappa shape index (κ1) is 14.0. The molecule has 1 amide bonds. The van der Waals surface area contributed by atoms with Crippen molar-refractivity contribution < 1.29 is 14.7 Å². The molecule has 5 nitrogen and oxygen atoms in total. The molecule has 0 aliphatic carbocycles. The molecule has 0 aromatic heterocycles. The van der Waals surface area contributed by atoms with Crippen LogP contribution in [0.2, 0.25) is 0 Å². The van der Waals surface area contributed by atoms with E-state index in [1.165, 1.54) is 5.06 Å². The van der Waals surface area contributed by atoms with Crippen LogP contribution in [-0.2, 0) is 4.74 Å². The predicted octanol–water partition coefficient (Wildman–Crippen LogP) is 1.87. The minimum atomic E-state index is -0.483. The van der Waals surface area contributed by atoms with E-state index in [1.54, 1.807) is 4.90 Å². The second kappa shape index (κ2) is 5.51. The highest BCUT2D eigenvalue weighted by Gasteiger charge is 2.29. The fraction of sp³-hybridized carbons (Fsp3) is 0.750. The Bertz CT molecular complexity index is 297. The molecule has 1 unspecified atom stereocenters. The Morgan fingerprint density at radius 3 is 2.59 bits per heavy atom. The van der Waals surface area contributed by atoms with Crippen molar-refractivity contribution in [2.45, 2.75) is 39.3 Å². The third-order valence-electron chi connectivity index (χ3n) is 2.46. The third-order valence-corrected chi connectivity index (χ3v) is 2.46. The number of hydrogen-bond donors (Lipinski definition) is 1. The molecule has 1 rings (SSSR count). The van der Waals surface area contributed by atoms with Gasteiger partial charge in [0, 0.05) is 19.6 Å². The number of rotatable bonds is 1. The largest absolute Gasteiger partial charge is 0.444 e. The quantitative estimate of drug-likeness (QED) is 0.713. The van der Waals surface area contributed by atoms with Gasteiger partial charge in [-0.15, -0.1) is 0 Å². The lowest BCUT2D eigenvalue weighted by molar-refractivity contribution is -0.139. The molecule has 1 atom stereocenters. The lowest BCUT2D eigenvalue weighted by atomic mass is 10.2. The van der Waals surface area contributed by atoms with E-state index in [4.69, 9.17) is 4.74 Å². The summed E-state index contributed by atoms with van der Waals surface area (Å²) in [7, 11) is 0. The molecule has 0 saturated carbocycles. The van der Waals surface area contributed by atoms with E-state index in [0.717, 1.165) is 0 Å². The lowest BCUT2D eigenvalue weighted by Gasteiger charge is -2.37. The first-order valence-corrected chi connectivity index (χ1v) is 5.90. The van der Waals surface area contributed by atoms with E-state index in [-0.39, 0.29) is 12.1 Å². The smallest absolute Gasteiger partial charge is 0.410 e. The monoisotopic (exact) mass is 242 g/mol. The molecular weight excluding hydrogens is 220 g/mol. The van der Waals surface area contributed by atoms with Crippen LogP contribution < -0.4 is 0 Å². The fourth-order valence-electron chi connectivity index (χ4n) is 1.67. The fourth-order valence-corrected chi connectivity index (χ4v) is 1.67. The first-order chi connectivity index (χ1) is 7.83. The van der Waals surface area contributed by atoms with E-state index >= 15 is 0 Å². The average molecular weight is 242 g/mol. The summed E-state index contributed by atoms with van der Waals surface area (Å²) in [6.45, 7) is 8.80. The highest BCUT2D eigenvalue weighted by atomic mass is 16.6. The predicted molar refractivity (Wildman–Crippen MR) is 64.9 cm³/mol. The maximum absolute atomic E-state index is 11.8. The van der Waals surface area contributed by atoms with Gasteiger partial charge in [0.25, 0.3) is 0 Å². The summed E-state index contributed by atoms with van der Waals surface area (Å²) >= 11 is 0. The molecule has 1 fully saturated rings. The molecule has 1 N–H and O–H groups in total. The van der Waals surface area contributed by atoms with Crippen LogP contribution in [0.3, 0.4) is 0 Å². The Balaban J connectivity index is 2.58. The lowest BCUT2D eigenvalue weighted by Crippen LogP contribution is -2.53. The molecule has 1 aliphatic rings. The van der Waals surface area contributed by atoms with Crippen LogP contribution in [-0.4, -0.2) is 52.5 Å². The van der Waals surface area contributed by atoms with E-state index < -0.39 is 5.60 Å². The van der Waals surface area contributed by atoms with Gasteiger partial charge in [0.2, 0.25) is 0 Å². The van der Waals surface area contributed by atoms with Gasteiger partial charge in [-0.1, -0.05) is 12.2 Å². The number of ether oxygens (including phenoxy) is 1. The van der Waals surface area contributed by atoms with Crippen LogP contribution >= 0.6 is 0 Å². The number of carbonyl (C=O) groups is 1. The summed E-state index contributed by atoms with van der Waals surface area (Å²) in [5.41, 5.74) is -0.483. The Labute approximate surface area is 103 Å². The minimum Gasteiger partial charge on any atom is -0.444 e. The van der Waals surface area contributed by atoms with Crippen molar-refractivity contribution in [1.82, 2.24) is 9.96 Å². The summed E-state index contributed by atoms with van der Waals surface area (Å²) in [5, 5.41) is 10.9. The van der Waals surface area contributed by atoms with E-state index in [0.29, 0.717) is 19.6 Å². The Hall–Kier alpha value is -1.07. The summed E-state index contributed by atoms with van der Waals surface area (Å²) in [6.07, 6.45) is 3.42. The molecule has 1 saturated heterocycles. The Kier molecular flexibility index (Phi) is 4.54. The van der Waals surface area contributed by atoms with Gasteiger partial charge < -0.3 is 14.8 Å². The number of nitrogens with zero attached hydrogens (tertiary/aromatic N) is 2. The van der Waals surface area contributed by atoms with Crippen LogP contribution in [0.15, 0.2) is 12.2 Å². The van der Waals surface area contributed by atoms with Gasteiger partial charge in [-0.3, -0.25) is 0 Å². The standard InChI is InChI=1S/C12H22N2O3/c1-5-6-10-9-13(7-8-14(10)16)11(15)17-12(2,3)4/h5-6,10,16H,7-9H2,1-4H3/b6-5+. The second-order valence-electron chi connectivity index (χ2n) is 5.18. The van der Waals surface area contributed by atoms with Gasteiger partial charge in [0.1, 0.15) is 5.60 Å². The van der Waals surface area contributed by atoms with Crippen molar-refractivity contribution in [3.05, 3.63) is 12.2 Å². The van der Waals surface area contributed by atoms with Gasteiger partial charge in [-0.05, 0) is 27.7 Å². The zero-order valence-electron chi connectivity index (χ0n) is 11.0. The third kappa shape index (κ3) is 4.36. The second-order valence-corrected chi connectivity index (χ2v) is 5.18. The van der Waals surface area contributed by atoms with Crippen molar-refractivity contribution in [2.24, 2.45) is 0 Å². The first-order valence-electron chi connectivity index (χ1n) is 5.90. The highest BCUT2D eigenvalue weighted by molar-refractivity contribution is 5.68. The van der Waals surface area contributed by atoms with E-state index in [1.807, 2.05) is 39.8 Å². The Morgan fingerprint density at radius 2 is 2.06 bits per heavy atom. The van der Waals surface area contributed by atoms with E-state index in [2.05, 4.69) is 0 Å². The van der Waals surface area contributed by atoms with Crippen LogP contribution in [0.5, 0.6) is 0 Å². The molecule has 0 spiro atoms. The summed E-state index contributed by atoms with van der Waals surface area (Å²) in [5.74, 6) is 0. The normalized spacial score (nSPS) is 23.1. The molecular formula is C12H22N2O3. The van der Waals surface area contributed by atoms with E-state index in [9.17, 15) is 10.0 Å². The van der Waals surface area contributed by atoms with Crippen LogP contribution in [0.1, 0.15) is 27.7 Å². The SMILES string of the molecule is C/C=C/C1CN(C(=O)OC(C)(C)C)CCN1O. The van der Waals surface area contributed by atoms with Crippen LogP contribution in [0, 0.1) is 0 Å². The average Bonchev–Trinajstić information content (AvgIpc) is 2.19. The summed E-state index contributed by atoms with van der Waals surface area (Å²) in [6, 6.07) is -0.152. The van der Waals surface area contributed by atoms with Crippen molar-refractivity contribution in [3.8, 4) is 0 Å².